The molecule has 0 amide bonds. The first kappa shape index (κ1) is 10.2. The van der Waals surface area contributed by atoms with Crippen LogP contribution < -0.4 is 0 Å². The molecule has 0 aromatic rings. The van der Waals surface area contributed by atoms with Gasteiger partial charge in [-0.25, -0.2) is 0 Å². The molecule has 0 spiro atoms. The fourth-order valence-electron chi connectivity index (χ4n) is 3.73. The van der Waals surface area contributed by atoms with Crippen LogP contribution >= 0.6 is 0 Å². The van der Waals surface area contributed by atoms with Crippen LogP contribution in [0.5, 0.6) is 0 Å². The molecule has 0 saturated heterocycles. The Hall–Kier alpha value is -0.300. The summed E-state index contributed by atoms with van der Waals surface area (Å²) in [6.45, 7) is 3.86. The quantitative estimate of drug-likeness (QED) is 0.669. The minimum atomic E-state index is -0.0560. The molecule has 0 heterocycles. The van der Waals surface area contributed by atoms with Crippen LogP contribution in [-0.4, -0.2) is 11.2 Å². The second kappa shape index (κ2) is 4.06. The Balaban J connectivity index is 2.20. The normalized spacial score (nSPS) is 42.9. The van der Waals surface area contributed by atoms with Gasteiger partial charge in [0.2, 0.25) is 0 Å². The highest BCUT2D eigenvalue weighted by molar-refractivity contribution is 5.00. The molecule has 0 radical (unpaired) electrons. The lowest BCUT2D eigenvalue weighted by atomic mass is 9.56. The Kier molecular flexibility index (Phi) is 2.96. The summed E-state index contributed by atoms with van der Waals surface area (Å²) in [6, 6.07) is 0. The van der Waals surface area contributed by atoms with E-state index >= 15 is 0 Å². The van der Waals surface area contributed by atoms with Crippen molar-refractivity contribution in [1.82, 2.24) is 0 Å². The number of fused-ring (bicyclic) bond motifs is 1. The summed E-state index contributed by atoms with van der Waals surface area (Å²) in [4.78, 5) is 0. The molecule has 2 aliphatic rings. The second-order valence-corrected chi connectivity index (χ2v) is 5.12. The number of allylic oxidation sites excluding steroid dienone is 1. The van der Waals surface area contributed by atoms with Gasteiger partial charge in [0.25, 0.3) is 0 Å². The first-order valence-electron chi connectivity index (χ1n) is 6.08. The molecule has 1 N–H and O–H groups in total. The van der Waals surface area contributed by atoms with Gasteiger partial charge in [0.1, 0.15) is 0 Å². The van der Waals surface area contributed by atoms with Crippen molar-refractivity contribution >= 4 is 0 Å². The highest BCUT2D eigenvalue weighted by atomic mass is 16.3. The molecule has 0 aliphatic heterocycles. The van der Waals surface area contributed by atoms with E-state index in [1.165, 1.54) is 38.5 Å². The average molecular weight is 194 g/mol. The van der Waals surface area contributed by atoms with Gasteiger partial charge < -0.3 is 5.11 Å². The second-order valence-electron chi connectivity index (χ2n) is 5.12. The Labute approximate surface area is 87.2 Å². The predicted molar refractivity (Wildman–Crippen MR) is 59.1 cm³/mol. The number of rotatable bonds is 2. The molecule has 0 aromatic carbocycles. The van der Waals surface area contributed by atoms with Crippen LogP contribution in [0.1, 0.15) is 51.4 Å². The maximum atomic E-state index is 10.2. The van der Waals surface area contributed by atoms with E-state index in [0.717, 1.165) is 18.8 Å². The third kappa shape index (κ3) is 1.52. The van der Waals surface area contributed by atoms with Crippen LogP contribution in [-0.2, 0) is 0 Å². The lowest BCUT2D eigenvalue weighted by Gasteiger charge is -2.50. The zero-order chi connectivity index (χ0) is 10.0. The molecule has 3 atom stereocenters. The highest BCUT2D eigenvalue weighted by Gasteiger charge is 2.46. The van der Waals surface area contributed by atoms with Gasteiger partial charge in [-0.3, -0.25) is 0 Å². The molecule has 1 nitrogen and oxygen atoms in total. The Morgan fingerprint density at radius 1 is 1.21 bits per heavy atom. The van der Waals surface area contributed by atoms with Crippen molar-refractivity contribution < 1.29 is 5.11 Å². The summed E-state index contributed by atoms with van der Waals surface area (Å²) >= 11 is 0. The Morgan fingerprint density at radius 2 is 2.00 bits per heavy atom. The lowest BCUT2D eigenvalue weighted by molar-refractivity contribution is -0.0762. The van der Waals surface area contributed by atoms with Crippen molar-refractivity contribution in [2.45, 2.75) is 57.5 Å². The minimum Gasteiger partial charge on any atom is -0.393 e. The van der Waals surface area contributed by atoms with Crippen molar-refractivity contribution in [2.75, 3.05) is 0 Å². The van der Waals surface area contributed by atoms with Gasteiger partial charge in [0, 0.05) is 5.41 Å². The molecule has 0 aromatic heterocycles. The van der Waals surface area contributed by atoms with Crippen molar-refractivity contribution in [1.29, 1.82) is 0 Å². The minimum absolute atomic E-state index is 0.0560. The number of aliphatic hydroxyl groups excluding tert-OH is 1. The zero-order valence-electron chi connectivity index (χ0n) is 9.04. The fourth-order valence-corrected chi connectivity index (χ4v) is 3.73. The van der Waals surface area contributed by atoms with Gasteiger partial charge in [-0.15, -0.1) is 6.58 Å². The van der Waals surface area contributed by atoms with Crippen molar-refractivity contribution in [3.63, 3.8) is 0 Å². The zero-order valence-corrected chi connectivity index (χ0v) is 9.04. The largest absolute Gasteiger partial charge is 0.393 e. The maximum Gasteiger partial charge on any atom is 0.0602 e. The highest BCUT2D eigenvalue weighted by Crippen LogP contribution is 2.52. The van der Waals surface area contributed by atoms with E-state index in [1.807, 2.05) is 6.08 Å². The van der Waals surface area contributed by atoms with Crippen LogP contribution in [0.3, 0.4) is 0 Å². The molecule has 1 heteroatoms. The molecule has 3 unspecified atom stereocenters. The van der Waals surface area contributed by atoms with Crippen LogP contribution in [0.4, 0.5) is 0 Å². The molecule has 0 bridgehead atoms. The van der Waals surface area contributed by atoms with Crippen LogP contribution in [0.25, 0.3) is 0 Å². The summed E-state index contributed by atoms with van der Waals surface area (Å²) < 4.78 is 0. The molecule has 80 valence electrons. The van der Waals surface area contributed by atoms with Crippen LogP contribution in [0.2, 0.25) is 0 Å². The number of hydrogen-bond donors (Lipinski definition) is 1. The van der Waals surface area contributed by atoms with E-state index in [1.54, 1.807) is 0 Å². The topological polar surface area (TPSA) is 20.2 Å². The lowest BCUT2D eigenvalue weighted by Crippen LogP contribution is -2.46. The fraction of sp³-hybridized carbons (Fsp3) is 0.846. The monoisotopic (exact) mass is 194 g/mol. The van der Waals surface area contributed by atoms with Crippen molar-refractivity contribution in [3.8, 4) is 0 Å². The van der Waals surface area contributed by atoms with E-state index in [2.05, 4.69) is 6.58 Å². The number of aliphatic hydroxyl groups is 1. The van der Waals surface area contributed by atoms with Gasteiger partial charge in [0.15, 0.2) is 0 Å². The van der Waals surface area contributed by atoms with Gasteiger partial charge in [-0.05, 0) is 38.0 Å². The first-order valence-corrected chi connectivity index (χ1v) is 6.08. The molecule has 2 rings (SSSR count). The van der Waals surface area contributed by atoms with Crippen molar-refractivity contribution in [3.05, 3.63) is 12.7 Å². The third-order valence-corrected chi connectivity index (χ3v) is 4.48. The van der Waals surface area contributed by atoms with Gasteiger partial charge >= 0.3 is 0 Å². The molecule has 2 aliphatic carbocycles. The molecule has 2 saturated carbocycles. The number of hydrogen-bond acceptors (Lipinski definition) is 1. The summed E-state index contributed by atoms with van der Waals surface area (Å²) in [5.41, 5.74) is 0.220. The van der Waals surface area contributed by atoms with Crippen LogP contribution in [0.15, 0.2) is 12.7 Å². The summed E-state index contributed by atoms with van der Waals surface area (Å²) in [5.74, 6) is 0.776. The van der Waals surface area contributed by atoms with Crippen molar-refractivity contribution in [2.24, 2.45) is 11.3 Å². The van der Waals surface area contributed by atoms with E-state index in [0.29, 0.717) is 0 Å². The third-order valence-electron chi connectivity index (χ3n) is 4.48. The van der Waals surface area contributed by atoms with E-state index in [9.17, 15) is 5.11 Å². The maximum absolute atomic E-state index is 10.2. The summed E-state index contributed by atoms with van der Waals surface area (Å²) in [5, 5.41) is 10.2. The average Bonchev–Trinajstić information content (AvgIpc) is 2.20. The molecule has 14 heavy (non-hydrogen) atoms. The van der Waals surface area contributed by atoms with Gasteiger partial charge in [-0.2, -0.15) is 0 Å². The summed E-state index contributed by atoms with van der Waals surface area (Å²) in [6.07, 6.45) is 11.8. The predicted octanol–water partition coefficient (Wildman–Crippen LogP) is 3.28. The van der Waals surface area contributed by atoms with E-state index in [4.69, 9.17) is 0 Å². The molecular weight excluding hydrogens is 172 g/mol. The first-order chi connectivity index (χ1) is 6.79. The Morgan fingerprint density at radius 3 is 2.79 bits per heavy atom. The van der Waals surface area contributed by atoms with Gasteiger partial charge in [-0.1, -0.05) is 25.3 Å². The van der Waals surface area contributed by atoms with E-state index in [-0.39, 0.29) is 11.5 Å². The van der Waals surface area contributed by atoms with Crippen LogP contribution in [0, 0.1) is 11.3 Å². The standard InChI is InChI=1S/C13H22O/c1-2-9-13-10-4-3-6-11(13)7-5-8-12(13)14/h2,11-12,14H,1,3-10H2. The molecular formula is C13H22O. The SMILES string of the molecule is C=CCC12CCCCC1CCCC2O. The smallest absolute Gasteiger partial charge is 0.0602 e. The van der Waals surface area contributed by atoms with Gasteiger partial charge in [0.05, 0.1) is 6.10 Å². The Bertz CT molecular complexity index is 209. The van der Waals surface area contributed by atoms with E-state index < -0.39 is 0 Å². The molecule has 2 fully saturated rings. The summed E-state index contributed by atoms with van der Waals surface area (Å²) in [7, 11) is 0.